The van der Waals surface area contributed by atoms with E-state index < -0.39 is 0 Å². The number of aryl methyl sites for hydroxylation is 1. The summed E-state index contributed by atoms with van der Waals surface area (Å²) in [7, 11) is 0. The van der Waals surface area contributed by atoms with E-state index in [1.165, 1.54) is 18.6 Å². The molecule has 0 radical (unpaired) electrons. The molecule has 2 rings (SSSR count). The number of hydrogen-bond donors (Lipinski definition) is 1. The number of carbonyl (C=O) groups excluding carboxylic acids is 2. The van der Waals surface area contributed by atoms with Crippen molar-refractivity contribution >= 4 is 40.7 Å². The van der Waals surface area contributed by atoms with Crippen molar-refractivity contribution in [3.8, 4) is 0 Å². The number of nitrogens with zero attached hydrogens (tertiary/aromatic N) is 1. The zero-order valence-electron chi connectivity index (χ0n) is 14.2. The van der Waals surface area contributed by atoms with Crippen molar-refractivity contribution in [3.63, 3.8) is 0 Å². The topological polar surface area (TPSA) is 49.4 Å². The Kier molecular flexibility index (Phi) is 6.85. The van der Waals surface area contributed by atoms with Crippen LogP contribution in [-0.4, -0.2) is 24.9 Å². The van der Waals surface area contributed by atoms with Crippen molar-refractivity contribution in [1.29, 1.82) is 0 Å². The summed E-state index contributed by atoms with van der Waals surface area (Å²) in [4.78, 5) is 25.7. The van der Waals surface area contributed by atoms with Gasteiger partial charge in [0.1, 0.15) is 0 Å². The highest BCUT2D eigenvalue weighted by atomic mass is 35.5. The van der Waals surface area contributed by atoms with E-state index in [9.17, 15) is 9.59 Å². The first-order valence-corrected chi connectivity index (χ1v) is 8.78. The normalized spacial score (nSPS) is 10.4. The van der Waals surface area contributed by atoms with E-state index in [1.54, 1.807) is 17.0 Å². The predicted octanol–water partition coefficient (Wildman–Crippen LogP) is 4.34. The molecule has 6 heteroatoms. The van der Waals surface area contributed by atoms with Crippen LogP contribution < -0.4 is 10.2 Å². The number of amides is 2. The molecule has 0 saturated heterocycles. The second kappa shape index (κ2) is 8.88. The molecular weight excluding hydrogens is 359 g/mol. The number of halogens is 2. The van der Waals surface area contributed by atoms with Crippen LogP contribution in [-0.2, 0) is 11.2 Å². The highest BCUT2D eigenvalue weighted by Gasteiger charge is 2.13. The molecule has 2 amide bonds. The highest BCUT2D eigenvalue weighted by molar-refractivity contribution is 6.42. The van der Waals surface area contributed by atoms with Gasteiger partial charge >= 0.3 is 0 Å². The Morgan fingerprint density at radius 2 is 1.72 bits per heavy atom. The highest BCUT2D eigenvalue weighted by Crippen LogP contribution is 2.22. The maximum atomic E-state index is 12.2. The molecule has 0 spiro atoms. The van der Waals surface area contributed by atoms with Crippen LogP contribution in [0.25, 0.3) is 0 Å². The fraction of sp³-hybridized carbons (Fsp3) is 0.263. The number of rotatable bonds is 6. The lowest BCUT2D eigenvalue weighted by Gasteiger charge is -2.21. The Bertz CT molecular complexity index is 761. The molecule has 0 atom stereocenters. The number of hydrogen-bond acceptors (Lipinski definition) is 2. The van der Waals surface area contributed by atoms with Crippen LogP contribution in [0, 0.1) is 0 Å². The van der Waals surface area contributed by atoms with Gasteiger partial charge in [0.2, 0.25) is 5.91 Å². The van der Waals surface area contributed by atoms with Gasteiger partial charge in [-0.3, -0.25) is 9.59 Å². The fourth-order valence-corrected chi connectivity index (χ4v) is 2.70. The molecule has 0 aliphatic carbocycles. The molecule has 0 aliphatic heterocycles. The molecule has 0 unspecified atom stereocenters. The smallest absolute Gasteiger partial charge is 0.251 e. The predicted molar refractivity (Wildman–Crippen MR) is 103 cm³/mol. The number of carbonyl (C=O) groups is 2. The van der Waals surface area contributed by atoms with E-state index in [4.69, 9.17) is 23.2 Å². The quantitative estimate of drug-likeness (QED) is 0.812. The van der Waals surface area contributed by atoms with Crippen LogP contribution in [0.5, 0.6) is 0 Å². The monoisotopic (exact) mass is 378 g/mol. The van der Waals surface area contributed by atoms with Crippen molar-refractivity contribution in [1.82, 2.24) is 5.32 Å². The first-order chi connectivity index (χ1) is 11.9. The van der Waals surface area contributed by atoms with Gasteiger partial charge in [-0.25, -0.2) is 0 Å². The second-order valence-electron chi connectivity index (χ2n) is 5.58. The first-order valence-electron chi connectivity index (χ1n) is 8.02. The van der Waals surface area contributed by atoms with E-state index in [0.717, 1.165) is 12.1 Å². The van der Waals surface area contributed by atoms with Crippen LogP contribution >= 0.6 is 23.2 Å². The van der Waals surface area contributed by atoms with Gasteiger partial charge in [-0.1, -0.05) is 42.3 Å². The SMILES string of the molecule is CCc1ccc(N(CCNC(=O)c2ccc(Cl)c(Cl)c2)C(C)=O)cc1. The van der Waals surface area contributed by atoms with Gasteiger partial charge in [0.25, 0.3) is 5.91 Å². The summed E-state index contributed by atoms with van der Waals surface area (Å²) < 4.78 is 0. The molecule has 25 heavy (non-hydrogen) atoms. The average molecular weight is 379 g/mol. The molecule has 0 heterocycles. The minimum atomic E-state index is -0.261. The van der Waals surface area contributed by atoms with Gasteiger partial charge in [-0.05, 0) is 42.3 Å². The molecule has 0 saturated carbocycles. The molecule has 1 N–H and O–H groups in total. The molecule has 0 aromatic heterocycles. The van der Waals surface area contributed by atoms with E-state index in [1.807, 2.05) is 24.3 Å². The molecule has 2 aromatic rings. The molecular formula is C19H20Cl2N2O2. The van der Waals surface area contributed by atoms with Gasteiger partial charge in [0.15, 0.2) is 0 Å². The van der Waals surface area contributed by atoms with Crippen LogP contribution in [0.3, 0.4) is 0 Å². The Hall–Kier alpha value is -2.04. The molecule has 4 nitrogen and oxygen atoms in total. The van der Waals surface area contributed by atoms with Gasteiger partial charge < -0.3 is 10.2 Å². The van der Waals surface area contributed by atoms with Crippen LogP contribution in [0.2, 0.25) is 10.0 Å². The number of benzene rings is 2. The fourth-order valence-electron chi connectivity index (χ4n) is 2.40. The minimum Gasteiger partial charge on any atom is -0.350 e. The van der Waals surface area contributed by atoms with Crippen molar-refractivity contribution in [2.24, 2.45) is 0 Å². The lowest BCUT2D eigenvalue weighted by Crippen LogP contribution is -2.37. The second-order valence-corrected chi connectivity index (χ2v) is 6.39. The summed E-state index contributed by atoms with van der Waals surface area (Å²) in [6, 6.07) is 12.5. The van der Waals surface area contributed by atoms with Gasteiger partial charge in [0, 0.05) is 31.3 Å². The number of anilines is 1. The van der Waals surface area contributed by atoms with Crippen LogP contribution in [0.15, 0.2) is 42.5 Å². The maximum Gasteiger partial charge on any atom is 0.251 e. The van der Waals surface area contributed by atoms with Crippen molar-refractivity contribution < 1.29 is 9.59 Å². The Labute approximate surface area is 157 Å². The van der Waals surface area contributed by atoms with Crippen molar-refractivity contribution in [3.05, 3.63) is 63.6 Å². The lowest BCUT2D eigenvalue weighted by molar-refractivity contribution is -0.116. The molecule has 132 valence electrons. The zero-order valence-corrected chi connectivity index (χ0v) is 15.7. The Morgan fingerprint density at radius 3 is 2.28 bits per heavy atom. The number of nitrogens with one attached hydrogen (secondary N) is 1. The summed E-state index contributed by atoms with van der Waals surface area (Å²) in [6.45, 7) is 4.30. The third-order valence-electron chi connectivity index (χ3n) is 3.84. The van der Waals surface area contributed by atoms with Crippen LogP contribution in [0.4, 0.5) is 5.69 Å². The average Bonchev–Trinajstić information content (AvgIpc) is 2.60. The third-order valence-corrected chi connectivity index (χ3v) is 4.58. The largest absolute Gasteiger partial charge is 0.350 e. The van der Waals surface area contributed by atoms with E-state index in [-0.39, 0.29) is 11.8 Å². The van der Waals surface area contributed by atoms with Gasteiger partial charge in [-0.15, -0.1) is 0 Å². The summed E-state index contributed by atoms with van der Waals surface area (Å²) in [6.07, 6.45) is 0.945. The lowest BCUT2D eigenvalue weighted by atomic mass is 10.1. The summed E-state index contributed by atoms with van der Waals surface area (Å²) in [5.74, 6) is -0.337. The Balaban J connectivity index is 1.97. The summed E-state index contributed by atoms with van der Waals surface area (Å²) in [5, 5.41) is 3.52. The van der Waals surface area contributed by atoms with Gasteiger partial charge in [0.05, 0.1) is 10.0 Å². The zero-order chi connectivity index (χ0) is 18.4. The third kappa shape index (κ3) is 5.21. The molecule has 0 bridgehead atoms. The van der Waals surface area contributed by atoms with Crippen molar-refractivity contribution in [2.75, 3.05) is 18.0 Å². The van der Waals surface area contributed by atoms with E-state index in [0.29, 0.717) is 28.7 Å². The van der Waals surface area contributed by atoms with Crippen molar-refractivity contribution in [2.45, 2.75) is 20.3 Å². The summed E-state index contributed by atoms with van der Waals surface area (Å²) in [5.41, 5.74) is 2.45. The van der Waals surface area contributed by atoms with Gasteiger partial charge in [-0.2, -0.15) is 0 Å². The van der Waals surface area contributed by atoms with E-state index >= 15 is 0 Å². The Morgan fingerprint density at radius 1 is 1.04 bits per heavy atom. The molecule has 0 fully saturated rings. The van der Waals surface area contributed by atoms with E-state index in [2.05, 4.69) is 12.2 Å². The molecule has 2 aromatic carbocycles. The molecule has 0 aliphatic rings. The minimum absolute atomic E-state index is 0.0759. The first kappa shape index (κ1) is 19.3. The standard InChI is InChI=1S/C19H20Cl2N2O2/c1-3-14-4-7-16(8-5-14)23(13(2)24)11-10-22-19(25)15-6-9-17(20)18(21)12-15/h4-9,12H,3,10-11H2,1-2H3,(H,22,25). The summed E-state index contributed by atoms with van der Waals surface area (Å²) >= 11 is 11.8. The maximum absolute atomic E-state index is 12.2. The van der Waals surface area contributed by atoms with Crippen LogP contribution in [0.1, 0.15) is 29.8 Å².